The molecule has 4 aromatic rings. The molecule has 4 rings (SSSR count). The standard InChI is InChI=1S/C26H22F2N2O5/c1-4-29(18-10-15(27)9-16(28)11-18)26(33)21-14-30(17-5-8-23(34-2)24(12-17)35-3)22-13-19(31)6-7-20(22)25(21)32/h5-14,31H,4H2,1-3H3. The first-order chi connectivity index (χ1) is 16.8. The fraction of sp³-hybridized carbons (Fsp3) is 0.154. The van der Waals surface area contributed by atoms with Gasteiger partial charge in [0.2, 0.25) is 5.43 Å². The Morgan fingerprint density at radius 3 is 2.29 bits per heavy atom. The first-order valence-corrected chi connectivity index (χ1v) is 10.7. The highest BCUT2D eigenvalue weighted by atomic mass is 19.1. The van der Waals surface area contributed by atoms with E-state index in [1.807, 2.05) is 0 Å². The van der Waals surface area contributed by atoms with Gasteiger partial charge < -0.3 is 24.0 Å². The lowest BCUT2D eigenvalue weighted by Gasteiger charge is -2.22. The maximum absolute atomic E-state index is 13.8. The highest BCUT2D eigenvalue weighted by Crippen LogP contribution is 2.31. The van der Waals surface area contributed by atoms with Crippen LogP contribution in [0.4, 0.5) is 14.5 Å². The smallest absolute Gasteiger partial charge is 0.263 e. The van der Waals surface area contributed by atoms with Gasteiger partial charge >= 0.3 is 0 Å². The summed E-state index contributed by atoms with van der Waals surface area (Å²) in [4.78, 5) is 28.0. The van der Waals surface area contributed by atoms with Crippen LogP contribution in [0, 0.1) is 11.6 Å². The molecule has 3 aromatic carbocycles. The molecule has 0 atom stereocenters. The maximum Gasteiger partial charge on any atom is 0.263 e. The van der Waals surface area contributed by atoms with Crippen LogP contribution in [0.5, 0.6) is 17.2 Å². The zero-order chi connectivity index (χ0) is 25.3. The second-order valence-corrected chi connectivity index (χ2v) is 7.66. The van der Waals surface area contributed by atoms with E-state index in [0.29, 0.717) is 28.8 Å². The summed E-state index contributed by atoms with van der Waals surface area (Å²) in [6.07, 6.45) is 1.34. The predicted octanol–water partition coefficient (Wildman–Crippen LogP) is 4.66. The van der Waals surface area contributed by atoms with Gasteiger partial charge in [0, 0.05) is 47.7 Å². The van der Waals surface area contributed by atoms with Crippen molar-refractivity contribution in [1.29, 1.82) is 0 Å². The van der Waals surface area contributed by atoms with Crippen LogP contribution in [0.3, 0.4) is 0 Å². The van der Waals surface area contributed by atoms with Crippen LogP contribution >= 0.6 is 0 Å². The Morgan fingerprint density at radius 1 is 0.971 bits per heavy atom. The third kappa shape index (κ3) is 4.40. The van der Waals surface area contributed by atoms with Crippen LogP contribution in [-0.4, -0.2) is 36.3 Å². The molecule has 1 amide bonds. The van der Waals surface area contributed by atoms with Gasteiger partial charge in [-0.15, -0.1) is 0 Å². The molecule has 0 saturated heterocycles. The maximum atomic E-state index is 13.8. The molecular formula is C26H22F2N2O5. The van der Waals surface area contributed by atoms with Gasteiger partial charge in [0.25, 0.3) is 5.91 Å². The molecule has 0 saturated carbocycles. The number of methoxy groups -OCH3 is 2. The van der Waals surface area contributed by atoms with E-state index < -0.39 is 23.0 Å². The van der Waals surface area contributed by atoms with Crippen molar-refractivity contribution in [3.05, 3.63) is 88.2 Å². The molecule has 0 aliphatic rings. The third-order valence-corrected chi connectivity index (χ3v) is 5.58. The van der Waals surface area contributed by atoms with Crippen molar-refractivity contribution in [3.8, 4) is 22.9 Å². The molecule has 0 unspecified atom stereocenters. The summed E-state index contributed by atoms with van der Waals surface area (Å²) in [6.45, 7) is 1.69. The number of anilines is 1. The number of hydrogen-bond acceptors (Lipinski definition) is 5. The van der Waals surface area contributed by atoms with Crippen LogP contribution in [0.2, 0.25) is 0 Å². The van der Waals surface area contributed by atoms with Crippen molar-refractivity contribution in [2.75, 3.05) is 25.7 Å². The Labute approximate surface area is 199 Å². The SMILES string of the molecule is CCN(C(=O)c1cn(-c2ccc(OC)c(OC)c2)c2cc(O)ccc2c1=O)c1cc(F)cc(F)c1. The lowest BCUT2D eigenvalue weighted by Crippen LogP contribution is -2.35. The quantitative estimate of drug-likeness (QED) is 0.434. The zero-order valence-corrected chi connectivity index (χ0v) is 19.2. The predicted molar refractivity (Wildman–Crippen MR) is 128 cm³/mol. The van der Waals surface area contributed by atoms with Crippen LogP contribution in [0.25, 0.3) is 16.6 Å². The number of benzene rings is 3. The van der Waals surface area contributed by atoms with E-state index in [9.17, 15) is 23.5 Å². The minimum atomic E-state index is -0.844. The summed E-state index contributed by atoms with van der Waals surface area (Å²) in [5.74, 6) is -1.60. The van der Waals surface area contributed by atoms with Gasteiger partial charge in [0.1, 0.15) is 22.9 Å². The lowest BCUT2D eigenvalue weighted by molar-refractivity contribution is 0.0987. The lowest BCUT2D eigenvalue weighted by atomic mass is 10.1. The molecule has 1 N–H and O–H groups in total. The summed E-state index contributed by atoms with van der Waals surface area (Å²) in [6, 6.07) is 11.9. The van der Waals surface area contributed by atoms with Crippen molar-refractivity contribution < 1.29 is 28.2 Å². The van der Waals surface area contributed by atoms with E-state index in [1.54, 1.807) is 29.7 Å². The topological polar surface area (TPSA) is 81.0 Å². The van der Waals surface area contributed by atoms with Gasteiger partial charge in [0.05, 0.1) is 19.7 Å². The van der Waals surface area contributed by atoms with E-state index in [-0.39, 0.29) is 28.9 Å². The molecule has 35 heavy (non-hydrogen) atoms. The Kier molecular flexibility index (Phi) is 6.42. The van der Waals surface area contributed by atoms with Gasteiger partial charge in [-0.1, -0.05) is 0 Å². The summed E-state index contributed by atoms with van der Waals surface area (Å²) >= 11 is 0. The Bertz CT molecular complexity index is 1480. The first kappa shape index (κ1) is 23.7. The number of halogens is 2. The fourth-order valence-electron chi connectivity index (χ4n) is 3.94. The summed E-state index contributed by atoms with van der Waals surface area (Å²) in [7, 11) is 2.97. The van der Waals surface area contributed by atoms with Crippen molar-refractivity contribution >= 4 is 22.5 Å². The number of phenols is 1. The average molecular weight is 480 g/mol. The van der Waals surface area contributed by atoms with Gasteiger partial charge in [0.15, 0.2) is 11.5 Å². The number of aromatic hydroxyl groups is 1. The molecule has 9 heteroatoms. The van der Waals surface area contributed by atoms with Gasteiger partial charge in [-0.2, -0.15) is 0 Å². The van der Waals surface area contributed by atoms with Crippen molar-refractivity contribution in [2.24, 2.45) is 0 Å². The first-order valence-electron chi connectivity index (χ1n) is 10.7. The Hall–Kier alpha value is -4.40. The highest BCUT2D eigenvalue weighted by Gasteiger charge is 2.23. The molecule has 0 aliphatic carbocycles. The van der Waals surface area contributed by atoms with Gasteiger partial charge in [-0.25, -0.2) is 8.78 Å². The van der Waals surface area contributed by atoms with Crippen molar-refractivity contribution in [3.63, 3.8) is 0 Å². The van der Waals surface area contributed by atoms with Crippen molar-refractivity contribution in [2.45, 2.75) is 6.92 Å². The minimum absolute atomic E-state index is 0.0159. The number of nitrogens with zero attached hydrogens (tertiary/aromatic N) is 2. The number of carbonyl (C=O) groups is 1. The minimum Gasteiger partial charge on any atom is -0.508 e. The number of phenolic OH excluding ortho intramolecular Hbond substituents is 1. The molecule has 0 radical (unpaired) electrons. The van der Waals surface area contributed by atoms with Crippen molar-refractivity contribution in [1.82, 2.24) is 4.57 Å². The molecular weight excluding hydrogens is 458 g/mol. The number of fused-ring (bicyclic) bond motifs is 1. The highest BCUT2D eigenvalue weighted by molar-refractivity contribution is 6.07. The normalized spacial score (nSPS) is 10.9. The van der Waals surface area contributed by atoms with Crippen LogP contribution < -0.4 is 19.8 Å². The molecule has 0 spiro atoms. The molecule has 180 valence electrons. The van der Waals surface area contributed by atoms with Gasteiger partial charge in [-0.05, 0) is 43.3 Å². The van der Waals surface area contributed by atoms with E-state index in [2.05, 4.69) is 0 Å². The second kappa shape index (κ2) is 9.46. The second-order valence-electron chi connectivity index (χ2n) is 7.66. The fourth-order valence-corrected chi connectivity index (χ4v) is 3.94. The molecule has 0 fully saturated rings. The number of aromatic nitrogens is 1. The van der Waals surface area contributed by atoms with E-state index >= 15 is 0 Å². The number of hydrogen-bond donors (Lipinski definition) is 1. The third-order valence-electron chi connectivity index (χ3n) is 5.58. The van der Waals surface area contributed by atoms with Crippen LogP contribution in [0.15, 0.2) is 65.6 Å². The monoisotopic (exact) mass is 480 g/mol. The molecule has 7 nitrogen and oxygen atoms in total. The zero-order valence-electron chi connectivity index (χ0n) is 19.2. The largest absolute Gasteiger partial charge is 0.508 e. The van der Waals surface area contributed by atoms with E-state index in [4.69, 9.17) is 9.47 Å². The Balaban J connectivity index is 1.96. The number of amides is 1. The van der Waals surface area contributed by atoms with Gasteiger partial charge in [-0.3, -0.25) is 9.59 Å². The van der Waals surface area contributed by atoms with E-state index in [0.717, 1.165) is 17.0 Å². The number of ether oxygens (including phenoxy) is 2. The Morgan fingerprint density at radius 2 is 1.66 bits per heavy atom. The summed E-state index contributed by atoms with van der Waals surface area (Å²) in [5, 5.41) is 10.2. The summed E-state index contributed by atoms with van der Waals surface area (Å²) in [5.41, 5.74) is 0.0465. The molecule has 0 bridgehead atoms. The summed E-state index contributed by atoms with van der Waals surface area (Å²) < 4.78 is 39.9. The molecule has 1 heterocycles. The number of carbonyl (C=O) groups excluding carboxylic acids is 1. The van der Waals surface area contributed by atoms with Crippen LogP contribution in [0.1, 0.15) is 17.3 Å². The molecule has 1 aromatic heterocycles. The van der Waals surface area contributed by atoms with Crippen LogP contribution in [-0.2, 0) is 0 Å². The molecule has 0 aliphatic heterocycles. The van der Waals surface area contributed by atoms with E-state index in [1.165, 1.54) is 38.6 Å². The number of rotatable bonds is 6. The number of pyridine rings is 1. The average Bonchev–Trinajstić information content (AvgIpc) is 2.83.